The third-order valence-corrected chi connectivity index (χ3v) is 5.03. The van der Waals surface area contributed by atoms with Crippen LogP contribution in [-0.2, 0) is 0 Å². The highest BCUT2D eigenvalue weighted by atomic mass is 16.3. The zero-order valence-corrected chi connectivity index (χ0v) is 12.2. The van der Waals surface area contributed by atoms with Gasteiger partial charge in [0.2, 0.25) is 0 Å². The first-order chi connectivity index (χ1) is 10.3. The van der Waals surface area contributed by atoms with E-state index in [0.717, 1.165) is 37.0 Å². The van der Waals surface area contributed by atoms with Crippen molar-refractivity contribution in [2.75, 3.05) is 19.6 Å². The van der Waals surface area contributed by atoms with E-state index < -0.39 is 0 Å². The van der Waals surface area contributed by atoms with Crippen LogP contribution in [0, 0.1) is 11.8 Å². The first-order valence-corrected chi connectivity index (χ1v) is 7.78. The van der Waals surface area contributed by atoms with Gasteiger partial charge in [-0.15, -0.1) is 0 Å². The summed E-state index contributed by atoms with van der Waals surface area (Å²) in [6.45, 7) is 5.09. The van der Waals surface area contributed by atoms with Gasteiger partial charge in [0.25, 0.3) is 5.91 Å². The average Bonchev–Trinajstić information content (AvgIpc) is 3.19. The average molecular weight is 284 g/mol. The van der Waals surface area contributed by atoms with Crippen LogP contribution in [0.25, 0.3) is 11.0 Å². The molecule has 3 heterocycles. The number of carbonyl (C=O) groups excluding carboxylic acids is 1. The third-order valence-electron chi connectivity index (χ3n) is 5.03. The molecule has 2 saturated heterocycles. The number of amides is 1. The lowest BCUT2D eigenvalue weighted by Gasteiger charge is -2.26. The number of fused-ring (bicyclic) bond motifs is 2. The minimum atomic E-state index is 0.0486. The van der Waals surface area contributed by atoms with E-state index in [0.29, 0.717) is 23.6 Å². The van der Waals surface area contributed by atoms with Gasteiger partial charge in [0, 0.05) is 31.1 Å². The number of hydrogen-bond donors (Lipinski definition) is 1. The number of furan rings is 1. The van der Waals surface area contributed by atoms with Gasteiger partial charge in [0.15, 0.2) is 5.76 Å². The molecule has 4 rings (SSSR count). The summed E-state index contributed by atoms with van der Waals surface area (Å²) < 4.78 is 5.75. The van der Waals surface area contributed by atoms with Crippen LogP contribution in [0.15, 0.2) is 34.7 Å². The number of nitrogens with zero attached hydrogens (tertiary/aromatic N) is 1. The lowest BCUT2D eigenvalue weighted by Crippen LogP contribution is -2.39. The van der Waals surface area contributed by atoms with Crippen LogP contribution in [-0.4, -0.2) is 36.5 Å². The van der Waals surface area contributed by atoms with Crippen molar-refractivity contribution in [3.63, 3.8) is 0 Å². The molecule has 21 heavy (non-hydrogen) atoms. The van der Waals surface area contributed by atoms with Gasteiger partial charge >= 0.3 is 0 Å². The topological polar surface area (TPSA) is 45.5 Å². The molecule has 3 atom stereocenters. The van der Waals surface area contributed by atoms with Gasteiger partial charge in [-0.25, -0.2) is 0 Å². The molecule has 0 bridgehead atoms. The lowest BCUT2D eigenvalue weighted by atomic mass is 9.93. The van der Waals surface area contributed by atoms with Crippen molar-refractivity contribution in [2.45, 2.75) is 19.4 Å². The second-order valence-electron chi connectivity index (χ2n) is 6.16. The fourth-order valence-electron chi connectivity index (χ4n) is 4.01. The Balaban J connectivity index is 1.64. The van der Waals surface area contributed by atoms with Gasteiger partial charge in [-0.05, 0) is 30.4 Å². The van der Waals surface area contributed by atoms with E-state index in [1.807, 2.05) is 35.2 Å². The summed E-state index contributed by atoms with van der Waals surface area (Å²) >= 11 is 0. The summed E-state index contributed by atoms with van der Waals surface area (Å²) in [7, 11) is 0. The highest BCUT2D eigenvalue weighted by molar-refractivity contribution is 5.96. The third kappa shape index (κ3) is 1.97. The summed E-state index contributed by atoms with van der Waals surface area (Å²) in [5.74, 6) is 1.72. The van der Waals surface area contributed by atoms with Crippen LogP contribution in [0.4, 0.5) is 0 Å². The number of hydrogen-bond acceptors (Lipinski definition) is 3. The van der Waals surface area contributed by atoms with Crippen LogP contribution in [0.5, 0.6) is 0 Å². The van der Waals surface area contributed by atoms with Gasteiger partial charge in [0.05, 0.1) is 0 Å². The highest BCUT2D eigenvalue weighted by Gasteiger charge is 2.45. The Hall–Kier alpha value is -1.81. The Labute approximate surface area is 124 Å². The maximum atomic E-state index is 12.8. The van der Waals surface area contributed by atoms with E-state index >= 15 is 0 Å². The predicted octanol–water partition coefficient (Wildman–Crippen LogP) is 2.50. The maximum Gasteiger partial charge on any atom is 0.289 e. The van der Waals surface area contributed by atoms with Crippen LogP contribution >= 0.6 is 0 Å². The largest absolute Gasteiger partial charge is 0.451 e. The molecule has 1 amide bonds. The van der Waals surface area contributed by atoms with Crippen molar-refractivity contribution in [3.05, 3.63) is 36.1 Å². The molecule has 2 aliphatic heterocycles. The second kappa shape index (κ2) is 4.88. The van der Waals surface area contributed by atoms with Crippen LogP contribution < -0.4 is 5.32 Å². The van der Waals surface area contributed by atoms with Crippen molar-refractivity contribution < 1.29 is 9.21 Å². The maximum absolute atomic E-state index is 12.8. The zero-order chi connectivity index (χ0) is 14.4. The molecule has 1 aromatic heterocycles. The summed E-state index contributed by atoms with van der Waals surface area (Å²) in [5, 5.41) is 4.44. The molecule has 1 aromatic carbocycles. The van der Waals surface area contributed by atoms with Crippen molar-refractivity contribution in [3.8, 4) is 0 Å². The van der Waals surface area contributed by atoms with E-state index in [2.05, 4.69) is 12.2 Å². The quantitative estimate of drug-likeness (QED) is 0.921. The Morgan fingerprint density at radius 1 is 1.38 bits per heavy atom. The fourth-order valence-corrected chi connectivity index (χ4v) is 4.01. The Bertz CT molecular complexity index is 645. The second-order valence-corrected chi connectivity index (χ2v) is 6.16. The molecule has 0 spiro atoms. The number of carbonyl (C=O) groups is 1. The smallest absolute Gasteiger partial charge is 0.289 e. The normalized spacial score (nSPS) is 28.2. The van der Waals surface area contributed by atoms with Crippen LogP contribution in [0.3, 0.4) is 0 Å². The Kier molecular flexibility index (Phi) is 3.00. The molecular formula is C17H20N2O2. The van der Waals surface area contributed by atoms with Crippen molar-refractivity contribution in [1.82, 2.24) is 10.2 Å². The molecule has 2 aromatic rings. The number of para-hydroxylation sites is 1. The monoisotopic (exact) mass is 284 g/mol. The van der Waals surface area contributed by atoms with E-state index in [1.54, 1.807) is 0 Å². The lowest BCUT2D eigenvalue weighted by molar-refractivity contribution is 0.0681. The molecule has 2 fully saturated rings. The van der Waals surface area contributed by atoms with Crippen molar-refractivity contribution >= 4 is 16.9 Å². The number of rotatable bonds is 2. The number of benzene rings is 1. The number of nitrogens with one attached hydrogen (secondary N) is 1. The van der Waals surface area contributed by atoms with Crippen molar-refractivity contribution in [2.24, 2.45) is 11.8 Å². The first-order valence-electron chi connectivity index (χ1n) is 7.78. The molecule has 110 valence electrons. The predicted molar refractivity (Wildman–Crippen MR) is 81.2 cm³/mol. The molecular weight excluding hydrogens is 264 g/mol. The highest BCUT2D eigenvalue weighted by Crippen LogP contribution is 2.35. The van der Waals surface area contributed by atoms with E-state index in [1.165, 1.54) is 0 Å². The van der Waals surface area contributed by atoms with Gasteiger partial charge in [0.1, 0.15) is 5.58 Å². The molecule has 4 nitrogen and oxygen atoms in total. The standard InChI is InChI=1S/C17H20N2O2/c1-2-14-13-9-18-8-12(13)10-19(14)17(20)16-7-11-5-3-4-6-15(11)21-16/h3-7,12-14,18H,2,8-10H2,1H3. The van der Waals surface area contributed by atoms with Gasteiger partial charge in [-0.1, -0.05) is 25.1 Å². The molecule has 3 unspecified atom stereocenters. The van der Waals surface area contributed by atoms with Crippen LogP contribution in [0.2, 0.25) is 0 Å². The van der Waals surface area contributed by atoms with Crippen LogP contribution in [0.1, 0.15) is 23.9 Å². The van der Waals surface area contributed by atoms with Gasteiger partial charge in [-0.3, -0.25) is 4.79 Å². The molecule has 4 heteroatoms. The molecule has 0 aliphatic carbocycles. The summed E-state index contributed by atoms with van der Waals surface area (Å²) in [5.41, 5.74) is 0.787. The van der Waals surface area contributed by atoms with Gasteiger partial charge < -0.3 is 14.6 Å². The van der Waals surface area contributed by atoms with E-state index in [9.17, 15) is 4.79 Å². The van der Waals surface area contributed by atoms with Crippen molar-refractivity contribution in [1.29, 1.82) is 0 Å². The van der Waals surface area contributed by atoms with E-state index in [4.69, 9.17) is 4.42 Å². The molecule has 0 saturated carbocycles. The zero-order valence-electron chi connectivity index (χ0n) is 12.2. The summed E-state index contributed by atoms with van der Waals surface area (Å²) in [6.07, 6.45) is 1.01. The fraction of sp³-hybridized carbons (Fsp3) is 0.471. The first kappa shape index (κ1) is 12.9. The van der Waals surface area contributed by atoms with Gasteiger partial charge in [-0.2, -0.15) is 0 Å². The molecule has 0 radical (unpaired) electrons. The summed E-state index contributed by atoms with van der Waals surface area (Å²) in [4.78, 5) is 14.9. The summed E-state index contributed by atoms with van der Waals surface area (Å²) in [6, 6.07) is 10.00. The minimum absolute atomic E-state index is 0.0486. The van der Waals surface area contributed by atoms with E-state index in [-0.39, 0.29) is 5.91 Å². The molecule has 1 N–H and O–H groups in total. The minimum Gasteiger partial charge on any atom is -0.451 e. The SMILES string of the molecule is CCC1C2CNCC2CN1C(=O)c1cc2ccccc2o1. The number of likely N-dealkylation sites (tertiary alicyclic amines) is 1. The molecule has 2 aliphatic rings. The Morgan fingerprint density at radius 3 is 3.05 bits per heavy atom. The Morgan fingerprint density at radius 2 is 2.24 bits per heavy atom.